The lowest BCUT2D eigenvalue weighted by molar-refractivity contribution is 0.392. The van der Waals surface area contributed by atoms with Crippen LogP contribution in [0.25, 0.3) is 0 Å². The van der Waals surface area contributed by atoms with Crippen LogP contribution in [0.1, 0.15) is 39.3 Å². The van der Waals surface area contributed by atoms with Gasteiger partial charge in [-0.1, -0.05) is 54.6 Å². The minimum Gasteiger partial charge on any atom is -0.496 e. The number of ether oxygens (including phenoxy) is 3. The molecule has 0 amide bonds. The Morgan fingerprint density at radius 2 is 0.967 bits per heavy atom. The van der Waals surface area contributed by atoms with Crippen LogP contribution < -0.4 is 14.2 Å². The van der Waals surface area contributed by atoms with Gasteiger partial charge in [0.25, 0.3) is 0 Å². The van der Waals surface area contributed by atoms with Gasteiger partial charge < -0.3 is 14.2 Å². The molecule has 0 aromatic heterocycles. The summed E-state index contributed by atoms with van der Waals surface area (Å²) in [4.78, 5) is 0. The van der Waals surface area contributed by atoms with Crippen molar-refractivity contribution in [3.8, 4) is 17.2 Å². The SMILES string of the molecule is COc1c(C)cccc1CC(Cc1cccc(C)c1OC)c1cccc(C)c1OC. The molecule has 0 fully saturated rings. The molecule has 0 atom stereocenters. The summed E-state index contributed by atoms with van der Waals surface area (Å²) in [6.07, 6.45) is 1.70. The molecule has 0 N–H and O–H groups in total. The lowest BCUT2D eigenvalue weighted by Crippen LogP contribution is -2.11. The largest absolute Gasteiger partial charge is 0.496 e. The Hall–Kier alpha value is -2.94. The number of hydrogen-bond donors (Lipinski definition) is 0. The van der Waals surface area contributed by atoms with Gasteiger partial charge in [-0.15, -0.1) is 0 Å². The fourth-order valence-corrected chi connectivity index (χ4v) is 4.43. The molecule has 30 heavy (non-hydrogen) atoms. The monoisotopic (exact) mass is 404 g/mol. The van der Waals surface area contributed by atoms with Gasteiger partial charge in [-0.2, -0.15) is 0 Å². The minimum absolute atomic E-state index is 0.214. The molecule has 0 unspecified atom stereocenters. The zero-order chi connectivity index (χ0) is 21.7. The first-order valence-electron chi connectivity index (χ1n) is 10.4. The highest BCUT2D eigenvalue weighted by molar-refractivity contribution is 5.48. The summed E-state index contributed by atoms with van der Waals surface area (Å²) >= 11 is 0. The second-order valence-electron chi connectivity index (χ2n) is 7.84. The highest BCUT2D eigenvalue weighted by Gasteiger charge is 2.22. The summed E-state index contributed by atoms with van der Waals surface area (Å²) < 4.78 is 17.3. The smallest absolute Gasteiger partial charge is 0.125 e. The third-order valence-corrected chi connectivity index (χ3v) is 5.81. The molecule has 0 aliphatic heterocycles. The summed E-state index contributed by atoms with van der Waals surface area (Å²) in [5.74, 6) is 3.10. The van der Waals surface area contributed by atoms with Crippen LogP contribution in [0.2, 0.25) is 0 Å². The van der Waals surface area contributed by atoms with Gasteiger partial charge in [0.15, 0.2) is 0 Å². The Bertz CT molecular complexity index is 951. The van der Waals surface area contributed by atoms with Crippen LogP contribution in [-0.4, -0.2) is 21.3 Å². The molecule has 3 aromatic carbocycles. The van der Waals surface area contributed by atoms with E-state index in [0.29, 0.717) is 0 Å². The molecule has 0 aliphatic carbocycles. The Labute approximate surface area is 180 Å². The molecule has 0 bridgehead atoms. The van der Waals surface area contributed by atoms with E-state index in [-0.39, 0.29) is 5.92 Å². The number of hydrogen-bond acceptors (Lipinski definition) is 3. The van der Waals surface area contributed by atoms with E-state index in [2.05, 4.69) is 75.4 Å². The number of aryl methyl sites for hydroxylation is 3. The van der Waals surface area contributed by atoms with Gasteiger partial charge in [0.1, 0.15) is 17.2 Å². The van der Waals surface area contributed by atoms with Crippen LogP contribution in [0.15, 0.2) is 54.6 Å². The van der Waals surface area contributed by atoms with Crippen molar-refractivity contribution in [2.75, 3.05) is 21.3 Å². The first-order chi connectivity index (χ1) is 14.5. The summed E-state index contributed by atoms with van der Waals surface area (Å²) in [5, 5.41) is 0. The average molecular weight is 405 g/mol. The highest BCUT2D eigenvalue weighted by atomic mass is 16.5. The van der Waals surface area contributed by atoms with Crippen LogP contribution in [0, 0.1) is 20.8 Å². The van der Waals surface area contributed by atoms with Gasteiger partial charge in [-0.25, -0.2) is 0 Å². The lowest BCUT2D eigenvalue weighted by atomic mass is 9.84. The van der Waals surface area contributed by atoms with Crippen molar-refractivity contribution < 1.29 is 14.2 Å². The van der Waals surface area contributed by atoms with E-state index in [9.17, 15) is 0 Å². The maximum Gasteiger partial charge on any atom is 0.125 e. The maximum absolute atomic E-state index is 5.83. The molecular weight excluding hydrogens is 372 g/mol. The van der Waals surface area contributed by atoms with E-state index in [1.165, 1.54) is 16.7 Å². The second-order valence-corrected chi connectivity index (χ2v) is 7.84. The molecule has 0 spiro atoms. The molecule has 0 radical (unpaired) electrons. The van der Waals surface area contributed by atoms with E-state index in [1.807, 2.05) is 0 Å². The van der Waals surface area contributed by atoms with Crippen molar-refractivity contribution >= 4 is 0 Å². The molecule has 3 heteroatoms. The van der Waals surface area contributed by atoms with Crippen molar-refractivity contribution in [1.82, 2.24) is 0 Å². The summed E-state index contributed by atoms with van der Waals surface area (Å²) in [5.41, 5.74) is 7.07. The van der Waals surface area contributed by atoms with Crippen LogP contribution in [-0.2, 0) is 12.8 Å². The van der Waals surface area contributed by atoms with Crippen molar-refractivity contribution in [1.29, 1.82) is 0 Å². The molecule has 0 saturated carbocycles. The minimum atomic E-state index is 0.214. The van der Waals surface area contributed by atoms with Gasteiger partial charge in [-0.3, -0.25) is 0 Å². The van der Waals surface area contributed by atoms with Crippen molar-refractivity contribution in [3.63, 3.8) is 0 Å². The number of para-hydroxylation sites is 3. The van der Waals surface area contributed by atoms with E-state index in [0.717, 1.165) is 46.8 Å². The standard InChI is InChI=1S/C27H32O3/c1-18-10-7-13-21(25(18)28-4)16-23(24-15-9-12-20(3)27(24)30-6)17-22-14-8-11-19(2)26(22)29-5/h7-15,23H,16-17H2,1-6H3. The van der Waals surface area contributed by atoms with Gasteiger partial charge in [0.2, 0.25) is 0 Å². The normalized spacial score (nSPS) is 10.9. The molecule has 3 aromatic rings. The van der Waals surface area contributed by atoms with E-state index < -0.39 is 0 Å². The second kappa shape index (κ2) is 9.71. The Morgan fingerprint density at radius 3 is 1.40 bits per heavy atom. The lowest BCUT2D eigenvalue weighted by Gasteiger charge is -2.24. The molecule has 158 valence electrons. The summed E-state index contributed by atoms with van der Waals surface area (Å²) in [7, 11) is 5.25. The molecular formula is C27H32O3. The zero-order valence-electron chi connectivity index (χ0n) is 18.9. The summed E-state index contributed by atoms with van der Waals surface area (Å²) in [6, 6.07) is 19.1. The van der Waals surface area contributed by atoms with Gasteiger partial charge >= 0.3 is 0 Å². The zero-order valence-corrected chi connectivity index (χ0v) is 18.9. The number of benzene rings is 3. The Morgan fingerprint density at radius 1 is 0.567 bits per heavy atom. The number of rotatable bonds is 8. The Kier molecular flexibility index (Phi) is 7.04. The fraction of sp³-hybridized carbons (Fsp3) is 0.333. The molecule has 0 aliphatic rings. The van der Waals surface area contributed by atoms with Crippen molar-refractivity contribution in [2.24, 2.45) is 0 Å². The summed E-state index contributed by atoms with van der Waals surface area (Å²) in [6.45, 7) is 6.28. The molecule has 0 saturated heterocycles. The van der Waals surface area contributed by atoms with E-state index >= 15 is 0 Å². The van der Waals surface area contributed by atoms with Crippen LogP contribution in [0.3, 0.4) is 0 Å². The third-order valence-electron chi connectivity index (χ3n) is 5.81. The first kappa shape index (κ1) is 21.8. The third kappa shape index (κ3) is 4.46. The predicted molar refractivity (Wildman–Crippen MR) is 123 cm³/mol. The average Bonchev–Trinajstić information content (AvgIpc) is 2.73. The van der Waals surface area contributed by atoms with Gasteiger partial charge in [0.05, 0.1) is 21.3 Å². The van der Waals surface area contributed by atoms with Crippen LogP contribution in [0.5, 0.6) is 17.2 Å². The maximum atomic E-state index is 5.83. The molecule has 3 rings (SSSR count). The first-order valence-corrected chi connectivity index (χ1v) is 10.4. The van der Waals surface area contributed by atoms with Crippen molar-refractivity contribution in [2.45, 2.75) is 39.5 Å². The van der Waals surface area contributed by atoms with Crippen LogP contribution in [0.4, 0.5) is 0 Å². The fourth-order valence-electron chi connectivity index (χ4n) is 4.43. The highest BCUT2D eigenvalue weighted by Crippen LogP contribution is 2.38. The molecule has 0 heterocycles. The van der Waals surface area contributed by atoms with Crippen LogP contribution >= 0.6 is 0 Å². The molecule has 3 nitrogen and oxygen atoms in total. The predicted octanol–water partition coefficient (Wildman–Crippen LogP) is 6.21. The topological polar surface area (TPSA) is 27.7 Å². The van der Waals surface area contributed by atoms with Crippen molar-refractivity contribution in [3.05, 3.63) is 88.0 Å². The number of methoxy groups -OCH3 is 3. The van der Waals surface area contributed by atoms with E-state index in [1.54, 1.807) is 21.3 Å². The van der Waals surface area contributed by atoms with E-state index in [4.69, 9.17) is 14.2 Å². The Balaban J connectivity index is 2.10. The van der Waals surface area contributed by atoms with Gasteiger partial charge in [-0.05, 0) is 72.9 Å². The van der Waals surface area contributed by atoms with Gasteiger partial charge in [0, 0.05) is 0 Å². The quantitative estimate of drug-likeness (QED) is 0.447.